The summed E-state index contributed by atoms with van der Waals surface area (Å²) in [6.45, 7) is 4.91. The van der Waals surface area contributed by atoms with Gasteiger partial charge in [0.2, 0.25) is 5.91 Å². The van der Waals surface area contributed by atoms with E-state index in [0.29, 0.717) is 24.8 Å². The van der Waals surface area contributed by atoms with Gasteiger partial charge in [0.05, 0.1) is 6.04 Å². The van der Waals surface area contributed by atoms with Crippen LogP contribution in [0.4, 0.5) is 0 Å². The van der Waals surface area contributed by atoms with Gasteiger partial charge in [0, 0.05) is 18.0 Å². The zero-order valence-corrected chi connectivity index (χ0v) is 15.8. The van der Waals surface area contributed by atoms with Gasteiger partial charge in [-0.1, -0.05) is 36.7 Å². The second kappa shape index (κ2) is 9.40. The molecule has 0 spiro atoms. The highest BCUT2D eigenvalue weighted by atomic mass is 35.5. The van der Waals surface area contributed by atoms with Gasteiger partial charge in [-0.15, -0.1) is 0 Å². The molecule has 0 radical (unpaired) electrons. The molecule has 134 valence electrons. The summed E-state index contributed by atoms with van der Waals surface area (Å²) in [7, 11) is 4.02. The van der Waals surface area contributed by atoms with Gasteiger partial charge in [0.15, 0.2) is 0 Å². The Labute approximate surface area is 150 Å². The molecular formula is C19H30ClN3O. The molecule has 0 aliphatic carbocycles. The molecule has 1 aliphatic heterocycles. The number of hydrogen-bond donors (Lipinski definition) is 2. The molecule has 1 amide bonds. The number of benzene rings is 1. The zero-order chi connectivity index (χ0) is 17.5. The fourth-order valence-corrected chi connectivity index (χ4v) is 3.68. The van der Waals surface area contributed by atoms with Crippen molar-refractivity contribution in [2.45, 2.75) is 32.2 Å². The lowest BCUT2D eigenvalue weighted by atomic mass is 9.85. The summed E-state index contributed by atoms with van der Waals surface area (Å²) in [5.74, 6) is 1.15. The predicted octanol–water partition coefficient (Wildman–Crippen LogP) is 3.08. The van der Waals surface area contributed by atoms with E-state index in [1.165, 1.54) is 12.8 Å². The molecule has 0 saturated carbocycles. The molecule has 1 aromatic carbocycles. The predicted molar refractivity (Wildman–Crippen MR) is 100 cm³/mol. The topological polar surface area (TPSA) is 44.4 Å². The summed E-state index contributed by atoms with van der Waals surface area (Å²) < 4.78 is 0. The minimum atomic E-state index is 0.0781. The maximum atomic E-state index is 12.4. The third-order valence-electron chi connectivity index (χ3n) is 5.03. The Morgan fingerprint density at radius 2 is 2.17 bits per heavy atom. The number of likely N-dealkylation sites (N-methyl/N-ethyl adjacent to an activating group) is 1. The van der Waals surface area contributed by atoms with Crippen molar-refractivity contribution < 1.29 is 4.79 Å². The normalized spacial score (nSPS) is 20.6. The standard InChI is InChI=1S/C19H30ClN3O/c1-14(15-7-6-10-21-12-15)11-19(24)22-13-18(23(2)3)16-8-4-5-9-17(16)20/h4-5,8-9,14-15,18,21H,6-7,10-13H2,1-3H3,(H,22,24). The third-order valence-corrected chi connectivity index (χ3v) is 5.37. The van der Waals surface area contributed by atoms with E-state index < -0.39 is 0 Å². The van der Waals surface area contributed by atoms with Crippen LogP contribution in [0.25, 0.3) is 0 Å². The first kappa shape index (κ1) is 19.2. The van der Waals surface area contributed by atoms with E-state index in [2.05, 4.69) is 22.5 Å². The fourth-order valence-electron chi connectivity index (χ4n) is 3.42. The van der Waals surface area contributed by atoms with Crippen molar-refractivity contribution >= 4 is 17.5 Å². The number of nitrogens with one attached hydrogen (secondary N) is 2. The molecule has 2 N–H and O–H groups in total. The first-order valence-electron chi connectivity index (χ1n) is 8.87. The van der Waals surface area contributed by atoms with Gasteiger partial charge >= 0.3 is 0 Å². The molecule has 1 heterocycles. The quantitative estimate of drug-likeness (QED) is 0.793. The number of halogens is 1. The third kappa shape index (κ3) is 5.47. The van der Waals surface area contributed by atoms with Gasteiger partial charge < -0.3 is 15.5 Å². The Morgan fingerprint density at radius 1 is 1.42 bits per heavy atom. The molecule has 4 nitrogen and oxygen atoms in total. The van der Waals surface area contributed by atoms with Crippen LogP contribution in [-0.4, -0.2) is 44.5 Å². The summed E-state index contributed by atoms with van der Waals surface area (Å²) in [5.41, 5.74) is 1.05. The fraction of sp³-hybridized carbons (Fsp3) is 0.632. The molecule has 5 heteroatoms. The number of amides is 1. The van der Waals surface area contributed by atoms with Gasteiger partial charge in [-0.3, -0.25) is 4.79 Å². The van der Waals surface area contributed by atoms with Gasteiger partial charge in [0.1, 0.15) is 0 Å². The van der Waals surface area contributed by atoms with Crippen molar-refractivity contribution in [1.29, 1.82) is 0 Å². The highest BCUT2D eigenvalue weighted by Crippen LogP contribution is 2.26. The van der Waals surface area contributed by atoms with E-state index >= 15 is 0 Å². The van der Waals surface area contributed by atoms with Crippen LogP contribution < -0.4 is 10.6 Å². The molecule has 24 heavy (non-hydrogen) atoms. The Kier molecular flexibility index (Phi) is 7.53. The molecule has 1 aliphatic rings. The van der Waals surface area contributed by atoms with Crippen molar-refractivity contribution in [2.75, 3.05) is 33.7 Å². The van der Waals surface area contributed by atoms with Crippen LogP contribution in [-0.2, 0) is 4.79 Å². The Bertz CT molecular complexity index is 529. The monoisotopic (exact) mass is 351 g/mol. The van der Waals surface area contributed by atoms with Crippen molar-refractivity contribution in [1.82, 2.24) is 15.5 Å². The molecular weight excluding hydrogens is 322 g/mol. The Morgan fingerprint density at radius 3 is 2.79 bits per heavy atom. The number of rotatable bonds is 7. The second-order valence-corrected chi connectivity index (χ2v) is 7.50. The zero-order valence-electron chi connectivity index (χ0n) is 15.0. The molecule has 1 saturated heterocycles. The number of hydrogen-bond acceptors (Lipinski definition) is 3. The van der Waals surface area contributed by atoms with E-state index in [1.54, 1.807) is 0 Å². The molecule has 1 aromatic rings. The first-order valence-corrected chi connectivity index (χ1v) is 9.25. The number of nitrogens with zero attached hydrogens (tertiary/aromatic N) is 1. The lowest BCUT2D eigenvalue weighted by Gasteiger charge is -2.29. The molecule has 1 fully saturated rings. The highest BCUT2D eigenvalue weighted by molar-refractivity contribution is 6.31. The number of carbonyl (C=O) groups is 1. The maximum Gasteiger partial charge on any atom is 0.220 e. The highest BCUT2D eigenvalue weighted by Gasteiger charge is 2.23. The largest absolute Gasteiger partial charge is 0.354 e. The Balaban J connectivity index is 1.87. The van der Waals surface area contributed by atoms with Crippen LogP contribution in [0, 0.1) is 11.8 Å². The average molecular weight is 352 g/mol. The summed E-state index contributed by atoms with van der Waals surface area (Å²) in [6, 6.07) is 7.91. The van der Waals surface area contributed by atoms with E-state index in [1.807, 2.05) is 38.4 Å². The van der Waals surface area contributed by atoms with Crippen LogP contribution in [0.3, 0.4) is 0 Å². The molecule has 0 aromatic heterocycles. The number of carbonyl (C=O) groups excluding carboxylic acids is 1. The minimum Gasteiger partial charge on any atom is -0.354 e. The van der Waals surface area contributed by atoms with Gasteiger partial charge in [0.25, 0.3) is 0 Å². The minimum absolute atomic E-state index is 0.0781. The summed E-state index contributed by atoms with van der Waals surface area (Å²) in [4.78, 5) is 14.4. The smallest absolute Gasteiger partial charge is 0.220 e. The van der Waals surface area contributed by atoms with Crippen LogP contribution in [0.15, 0.2) is 24.3 Å². The van der Waals surface area contributed by atoms with Gasteiger partial charge in [-0.2, -0.15) is 0 Å². The van der Waals surface area contributed by atoms with E-state index in [4.69, 9.17) is 11.6 Å². The summed E-state index contributed by atoms with van der Waals surface area (Å²) in [6.07, 6.45) is 3.03. The second-order valence-electron chi connectivity index (χ2n) is 7.09. The SMILES string of the molecule is CC(CC(=O)NCC(c1ccccc1Cl)N(C)C)C1CCCNC1. The van der Waals surface area contributed by atoms with Crippen molar-refractivity contribution in [3.05, 3.63) is 34.9 Å². The molecule has 3 unspecified atom stereocenters. The van der Waals surface area contributed by atoms with Crippen LogP contribution >= 0.6 is 11.6 Å². The van der Waals surface area contributed by atoms with Crippen LogP contribution in [0.5, 0.6) is 0 Å². The van der Waals surface area contributed by atoms with Crippen molar-refractivity contribution in [3.8, 4) is 0 Å². The maximum absolute atomic E-state index is 12.4. The van der Waals surface area contributed by atoms with Gasteiger partial charge in [-0.25, -0.2) is 0 Å². The lowest BCUT2D eigenvalue weighted by molar-refractivity contribution is -0.122. The van der Waals surface area contributed by atoms with E-state index in [9.17, 15) is 4.79 Å². The first-order chi connectivity index (χ1) is 11.5. The van der Waals surface area contributed by atoms with E-state index in [0.717, 1.165) is 23.7 Å². The Hall–Kier alpha value is -1.10. The van der Waals surface area contributed by atoms with Crippen molar-refractivity contribution in [2.24, 2.45) is 11.8 Å². The molecule has 0 bridgehead atoms. The van der Waals surface area contributed by atoms with Crippen molar-refractivity contribution in [3.63, 3.8) is 0 Å². The lowest BCUT2D eigenvalue weighted by Crippen LogP contribution is -2.38. The van der Waals surface area contributed by atoms with Gasteiger partial charge in [-0.05, 0) is 63.5 Å². The average Bonchev–Trinajstić information content (AvgIpc) is 2.57. The van der Waals surface area contributed by atoms with Crippen LogP contribution in [0.1, 0.15) is 37.8 Å². The van der Waals surface area contributed by atoms with Crippen LogP contribution in [0.2, 0.25) is 5.02 Å². The summed E-state index contributed by atoms with van der Waals surface area (Å²) >= 11 is 6.32. The summed E-state index contributed by atoms with van der Waals surface area (Å²) in [5, 5.41) is 7.27. The molecule has 3 atom stereocenters. The number of piperidine rings is 1. The molecule has 2 rings (SSSR count). The van der Waals surface area contributed by atoms with E-state index in [-0.39, 0.29) is 11.9 Å².